The van der Waals surface area contributed by atoms with Crippen molar-refractivity contribution < 1.29 is 9.47 Å². The van der Waals surface area contributed by atoms with E-state index in [9.17, 15) is 0 Å². The Hall–Kier alpha value is -1.94. The molecule has 0 bridgehead atoms. The fraction of sp³-hybridized carbons (Fsp3) is 0.476. The number of hydrogen-bond donors (Lipinski definition) is 1. The zero-order valence-electron chi connectivity index (χ0n) is 14.8. The van der Waals surface area contributed by atoms with E-state index in [4.69, 9.17) is 21.1 Å². The summed E-state index contributed by atoms with van der Waals surface area (Å²) in [6.07, 6.45) is 14.0. The van der Waals surface area contributed by atoms with E-state index in [0.717, 1.165) is 17.3 Å². The number of imidazole rings is 1. The average molecular weight is 373 g/mol. The van der Waals surface area contributed by atoms with Gasteiger partial charge in [0.2, 0.25) is 6.29 Å². The summed E-state index contributed by atoms with van der Waals surface area (Å²) in [6, 6.07) is 8.23. The van der Waals surface area contributed by atoms with Gasteiger partial charge >= 0.3 is 0 Å². The summed E-state index contributed by atoms with van der Waals surface area (Å²) >= 11 is 6.01. The van der Waals surface area contributed by atoms with E-state index in [2.05, 4.69) is 22.1 Å². The van der Waals surface area contributed by atoms with Crippen LogP contribution in [0.3, 0.4) is 0 Å². The Labute approximate surface area is 159 Å². The normalized spacial score (nSPS) is 24.2. The SMILES string of the molecule is Clc1ccc(CCC2CCCCC2C(c2ncc[nH]2)C2OC=CO2)cc1. The second-order valence-electron chi connectivity index (χ2n) is 7.29. The van der Waals surface area contributed by atoms with Crippen LogP contribution in [0.1, 0.15) is 49.4 Å². The number of nitrogens with one attached hydrogen (secondary N) is 1. The molecule has 3 unspecified atom stereocenters. The van der Waals surface area contributed by atoms with E-state index in [-0.39, 0.29) is 12.2 Å². The third-order valence-electron chi connectivity index (χ3n) is 5.76. The second kappa shape index (κ2) is 8.17. The summed E-state index contributed by atoms with van der Waals surface area (Å²) in [5.74, 6) is 2.26. The minimum absolute atomic E-state index is 0.135. The lowest BCUT2D eigenvalue weighted by molar-refractivity contribution is -0.0708. The maximum absolute atomic E-state index is 6.01. The van der Waals surface area contributed by atoms with Crippen LogP contribution < -0.4 is 0 Å². The zero-order valence-corrected chi connectivity index (χ0v) is 15.6. The van der Waals surface area contributed by atoms with E-state index >= 15 is 0 Å². The topological polar surface area (TPSA) is 47.1 Å². The van der Waals surface area contributed by atoms with E-state index in [0.29, 0.717) is 11.8 Å². The Kier molecular flexibility index (Phi) is 5.49. The molecule has 26 heavy (non-hydrogen) atoms. The first-order chi connectivity index (χ1) is 12.8. The highest BCUT2D eigenvalue weighted by Gasteiger charge is 2.41. The zero-order chi connectivity index (χ0) is 17.8. The summed E-state index contributed by atoms with van der Waals surface area (Å²) in [5.41, 5.74) is 1.35. The number of halogens is 1. The molecule has 1 aromatic heterocycles. The molecular weight excluding hydrogens is 348 g/mol. The number of H-pyrrole nitrogens is 1. The van der Waals surface area contributed by atoms with Gasteiger partial charge in [-0.1, -0.05) is 43.0 Å². The molecule has 4 rings (SSSR count). The van der Waals surface area contributed by atoms with E-state index in [1.807, 2.05) is 24.5 Å². The second-order valence-corrected chi connectivity index (χ2v) is 7.72. The smallest absolute Gasteiger partial charge is 0.249 e. The maximum atomic E-state index is 6.01. The van der Waals surface area contributed by atoms with Crippen LogP contribution >= 0.6 is 11.6 Å². The minimum atomic E-state index is -0.276. The maximum Gasteiger partial charge on any atom is 0.249 e. The van der Waals surface area contributed by atoms with Crippen molar-refractivity contribution in [3.05, 3.63) is 65.6 Å². The van der Waals surface area contributed by atoms with Gasteiger partial charge in [0.05, 0.1) is 5.92 Å². The molecule has 0 saturated heterocycles. The number of nitrogens with zero attached hydrogens (tertiary/aromatic N) is 1. The fourth-order valence-corrected chi connectivity index (χ4v) is 4.61. The Morgan fingerprint density at radius 2 is 1.88 bits per heavy atom. The lowest BCUT2D eigenvalue weighted by Crippen LogP contribution is -2.34. The lowest BCUT2D eigenvalue weighted by Gasteiger charge is -2.38. The fourth-order valence-electron chi connectivity index (χ4n) is 4.48. The van der Waals surface area contributed by atoms with Gasteiger partial charge in [-0.05, 0) is 48.8 Å². The largest absolute Gasteiger partial charge is 0.459 e. The van der Waals surface area contributed by atoms with Crippen molar-refractivity contribution in [1.82, 2.24) is 9.97 Å². The number of benzene rings is 1. The van der Waals surface area contributed by atoms with E-state index in [1.165, 1.54) is 37.7 Å². The van der Waals surface area contributed by atoms with Crippen LogP contribution in [0.15, 0.2) is 49.2 Å². The molecule has 1 N–H and O–H groups in total. The number of aryl methyl sites for hydroxylation is 1. The van der Waals surface area contributed by atoms with Crippen molar-refractivity contribution >= 4 is 11.6 Å². The van der Waals surface area contributed by atoms with Gasteiger partial charge in [0.25, 0.3) is 0 Å². The summed E-state index contributed by atoms with van der Waals surface area (Å²) in [5, 5.41) is 0.796. The van der Waals surface area contributed by atoms with Gasteiger partial charge in [0.1, 0.15) is 18.3 Å². The van der Waals surface area contributed by atoms with Crippen LogP contribution in [0.25, 0.3) is 0 Å². The number of aromatic nitrogens is 2. The van der Waals surface area contributed by atoms with Crippen molar-refractivity contribution in [2.45, 2.75) is 50.7 Å². The first-order valence-corrected chi connectivity index (χ1v) is 9.89. The predicted molar refractivity (Wildman–Crippen MR) is 102 cm³/mol. The molecule has 1 aromatic carbocycles. The lowest BCUT2D eigenvalue weighted by atomic mass is 9.70. The van der Waals surface area contributed by atoms with Crippen molar-refractivity contribution in [2.24, 2.45) is 11.8 Å². The quantitative estimate of drug-likeness (QED) is 0.735. The Bertz CT molecular complexity index is 706. The van der Waals surface area contributed by atoms with Gasteiger partial charge in [-0.15, -0.1) is 0 Å². The summed E-state index contributed by atoms with van der Waals surface area (Å²) in [7, 11) is 0. The molecule has 5 heteroatoms. The van der Waals surface area contributed by atoms with Crippen LogP contribution in [-0.4, -0.2) is 16.3 Å². The van der Waals surface area contributed by atoms with Crippen LogP contribution in [0, 0.1) is 11.8 Å². The number of aromatic amines is 1. The number of hydrogen-bond acceptors (Lipinski definition) is 3. The Balaban J connectivity index is 1.50. The van der Waals surface area contributed by atoms with Gasteiger partial charge in [-0.25, -0.2) is 4.98 Å². The van der Waals surface area contributed by atoms with Crippen LogP contribution in [0.4, 0.5) is 0 Å². The molecule has 0 amide bonds. The first-order valence-electron chi connectivity index (χ1n) is 9.51. The van der Waals surface area contributed by atoms with Gasteiger partial charge in [-0.2, -0.15) is 0 Å². The first kappa shape index (κ1) is 17.5. The van der Waals surface area contributed by atoms with E-state index < -0.39 is 0 Å². The third kappa shape index (κ3) is 3.90. The van der Waals surface area contributed by atoms with Crippen LogP contribution in [-0.2, 0) is 15.9 Å². The molecule has 1 fully saturated rings. The molecule has 4 nitrogen and oxygen atoms in total. The summed E-state index contributed by atoms with van der Waals surface area (Å²) in [6.45, 7) is 0. The summed E-state index contributed by atoms with van der Waals surface area (Å²) in [4.78, 5) is 7.84. The van der Waals surface area contributed by atoms with Gasteiger partial charge in [0, 0.05) is 17.4 Å². The standard InChI is InChI=1S/C21H25ClN2O2/c22-17-9-6-15(7-10-17)5-8-16-3-1-2-4-18(16)19(20-23-11-12-24-20)21-25-13-14-26-21/h6-7,9-14,16,18-19,21H,1-5,8H2,(H,23,24). The highest BCUT2D eigenvalue weighted by Crippen LogP contribution is 2.44. The predicted octanol–water partition coefficient (Wildman–Crippen LogP) is 5.43. The highest BCUT2D eigenvalue weighted by atomic mass is 35.5. The third-order valence-corrected chi connectivity index (χ3v) is 6.01. The molecule has 138 valence electrons. The number of rotatable bonds is 6. The van der Waals surface area contributed by atoms with Crippen molar-refractivity contribution in [3.8, 4) is 0 Å². The minimum Gasteiger partial charge on any atom is -0.459 e. The molecule has 2 aliphatic rings. The van der Waals surface area contributed by atoms with Gasteiger partial charge in [-0.3, -0.25) is 0 Å². The molecular formula is C21H25ClN2O2. The molecule has 0 radical (unpaired) electrons. The molecule has 1 aliphatic carbocycles. The van der Waals surface area contributed by atoms with Gasteiger partial charge < -0.3 is 14.5 Å². The van der Waals surface area contributed by atoms with Crippen molar-refractivity contribution in [1.29, 1.82) is 0 Å². The van der Waals surface area contributed by atoms with Crippen LogP contribution in [0.5, 0.6) is 0 Å². The van der Waals surface area contributed by atoms with Gasteiger partial charge in [0.15, 0.2) is 0 Å². The summed E-state index contributed by atoms with van der Waals surface area (Å²) < 4.78 is 11.5. The van der Waals surface area contributed by atoms with Crippen LogP contribution in [0.2, 0.25) is 5.02 Å². The molecule has 0 spiro atoms. The van der Waals surface area contributed by atoms with Crippen molar-refractivity contribution in [2.75, 3.05) is 0 Å². The average Bonchev–Trinajstić information content (AvgIpc) is 3.37. The molecule has 2 heterocycles. The van der Waals surface area contributed by atoms with E-state index in [1.54, 1.807) is 12.5 Å². The molecule has 3 atom stereocenters. The Morgan fingerprint density at radius 1 is 1.12 bits per heavy atom. The Morgan fingerprint density at radius 3 is 2.62 bits per heavy atom. The monoisotopic (exact) mass is 372 g/mol. The number of ether oxygens (including phenoxy) is 2. The molecule has 2 aromatic rings. The van der Waals surface area contributed by atoms with Crippen molar-refractivity contribution in [3.63, 3.8) is 0 Å². The molecule has 1 saturated carbocycles. The highest BCUT2D eigenvalue weighted by molar-refractivity contribution is 6.30. The molecule has 1 aliphatic heterocycles.